The van der Waals surface area contributed by atoms with Gasteiger partial charge in [-0.2, -0.15) is 0 Å². The van der Waals surface area contributed by atoms with E-state index in [1.165, 1.54) is 6.20 Å². The van der Waals surface area contributed by atoms with Gasteiger partial charge in [0.25, 0.3) is 0 Å². The van der Waals surface area contributed by atoms with Crippen LogP contribution in [0.1, 0.15) is 29.0 Å². The molecule has 0 aliphatic rings. The second kappa shape index (κ2) is 6.00. The highest BCUT2D eigenvalue weighted by Gasteiger charge is 2.17. The summed E-state index contributed by atoms with van der Waals surface area (Å²) in [6.45, 7) is 5.73. The molecule has 0 amide bonds. The summed E-state index contributed by atoms with van der Waals surface area (Å²) >= 11 is 0. The molecule has 0 saturated heterocycles. The summed E-state index contributed by atoms with van der Waals surface area (Å²) in [6, 6.07) is 9.96. The molecule has 1 atom stereocenters. The minimum absolute atomic E-state index is 0.0231. The van der Waals surface area contributed by atoms with Gasteiger partial charge in [0.2, 0.25) is 0 Å². The molecule has 1 aromatic carbocycles. The van der Waals surface area contributed by atoms with Crippen LogP contribution in [0.4, 0.5) is 0 Å². The Labute approximate surface area is 112 Å². The molecule has 4 nitrogen and oxygen atoms in total. The number of benzene rings is 1. The van der Waals surface area contributed by atoms with Crippen molar-refractivity contribution < 1.29 is 9.53 Å². The predicted octanol–water partition coefficient (Wildman–Crippen LogP) is 2.84. The first kappa shape index (κ1) is 13.1. The van der Waals surface area contributed by atoms with E-state index in [9.17, 15) is 4.79 Å². The lowest BCUT2D eigenvalue weighted by Crippen LogP contribution is -2.15. The lowest BCUT2D eigenvalue weighted by Gasteiger charge is -2.16. The molecule has 0 radical (unpaired) electrons. The van der Waals surface area contributed by atoms with Gasteiger partial charge in [-0.1, -0.05) is 43.0 Å². The van der Waals surface area contributed by atoms with Gasteiger partial charge in [-0.15, -0.1) is 0 Å². The van der Waals surface area contributed by atoms with E-state index in [2.05, 4.69) is 11.6 Å². The monoisotopic (exact) mass is 256 g/mol. The summed E-state index contributed by atoms with van der Waals surface area (Å²) in [5.74, 6) is -0.389. The van der Waals surface area contributed by atoms with Crippen LogP contribution in [-0.4, -0.2) is 22.1 Å². The summed E-state index contributed by atoms with van der Waals surface area (Å²) in [5, 5.41) is 0. The number of rotatable bonds is 5. The van der Waals surface area contributed by atoms with Crippen LogP contribution in [0.15, 0.2) is 55.5 Å². The van der Waals surface area contributed by atoms with Crippen molar-refractivity contribution in [3.63, 3.8) is 0 Å². The van der Waals surface area contributed by atoms with E-state index in [1.807, 2.05) is 37.3 Å². The smallest absolute Gasteiger partial charge is 0.356 e. The van der Waals surface area contributed by atoms with Gasteiger partial charge in [0, 0.05) is 0 Å². The summed E-state index contributed by atoms with van der Waals surface area (Å²) < 4.78 is 6.85. The highest BCUT2D eigenvalue weighted by molar-refractivity contribution is 5.87. The van der Waals surface area contributed by atoms with Crippen LogP contribution in [0.3, 0.4) is 0 Å². The maximum atomic E-state index is 11.9. The molecule has 0 bridgehead atoms. The zero-order chi connectivity index (χ0) is 13.7. The van der Waals surface area contributed by atoms with Crippen LogP contribution >= 0.6 is 0 Å². The Hall–Kier alpha value is -2.36. The summed E-state index contributed by atoms with van der Waals surface area (Å²) in [7, 11) is 0. The molecule has 98 valence electrons. The Kier molecular flexibility index (Phi) is 4.13. The molecule has 2 aromatic rings. The Bertz CT molecular complexity index is 561. The summed E-state index contributed by atoms with van der Waals surface area (Å²) in [4.78, 5) is 15.9. The molecule has 0 fully saturated rings. The van der Waals surface area contributed by atoms with Gasteiger partial charge < -0.3 is 9.30 Å². The molecule has 0 N–H and O–H groups in total. The van der Waals surface area contributed by atoms with E-state index < -0.39 is 0 Å². The highest BCUT2D eigenvalue weighted by Crippen LogP contribution is 2.19. The molecule has 0 spiro atoms. The fourth-order valence-electron chi connectivity index (χ4n) is 1.87. The van der Waals surface area contributed by atoms with Crippen molar-refractivity contribution in [1.29, 1.82) is 0 Å². The Morgan fingerprint density at radius 2 is 2.21 bits per heavy atom. The molecule has 0 aliphatic heterocycles. The minimum atomic E-state index is -0.389. The Balaban J connectivity index is 2.24. The number of nitrogens with zero attached hydrogens (tertiary/aromatic N) is 2. The third-order valence-corrected chi connectivity index (χ3v) is 2.91. The van der Waals surface area contributed by atoms with Crippen LogP contribution in [0, 0.1) is 0 Å². The molecule has 0 aliphatic carbocycles. The molecular weight excluding hydrogens is 240 g/mol. The van der Waals surface area contributed by atoms with Crippen LogP contribution < -0.4 is 0 Å². The van der Waals surface area contributed by atoms with Gasteiger partial charge in [-0.3, -0.25) is 0 Å². The van der Waals surface area contributed by atoms with Crippen molar-refractivity contribution in [2.45, 2.75) is 13.0 Å². The van der Waals surface area contributed by atoms with E-state index in [1.54, 1.807) is 17.0 Å². The number of aromatic nitrogens is 2. The Morgan fingerprint density at radius 3 is 2.89 bits per heavy atom. The second-order valence-corrected chi connectivity index (χ2v) is 4.16. The lowest BCUT2D eigenvalue weighted by atomic mass is 10.1. The zero-order valence-electron chi connectivity index (χ0n) is 10.8. The van der Waals surface area contributed by atoms with Gasteiger partial charge in [-0.25, -0.2) is 9.78 Å². The maximum absolute atomic E-state index is 11.9. The topological polar surface area (TPSA) is 44.1 Å². The van der Waals surface area contributed by atoms with E-state index in [0.717, 1.165) is 5.56 Å². The van der Waals surface area contributed by atoms with Crippen LogP contribution in [0.2, 0.25) is 0 Å². The average Bonchev–Trinajstić information content (AvgIpc) is 2.94. The van der Waals surface area contributed by atoms with Gasteiger partial charge in [0.15, 0.2) is 0 Å². The summed E-state index contributed by atoms with van der Waals surface area (Å²) in [6.07, 6.45) is 4.70. The fourth-order valence-corrected chi connectivity index (χ4v) is 1.87. The lowest BCUT2D eigenvalue weighted by molar-refractivity contribution is 0.0536. The normalized spacial score (nSPS) is 11.8. The van der Waals surface area contributed by atoms with Crippen molar-refractivity contribution in [3.05, 3.63) is 66.8 Å². The van der Waals surface area contributed by atoms with Crippen LogP contribution in [-0.2, 0) is 4.74 Å². The van der Waals surface area contributed by atoms with E-state index >= 15 is 0 Å². The quantitative estimate of drug-likeness (QED) is 0.610. The van der Waals surface area contributed by atoms with Crippen molar-refractivity contribution in [1.82, 2.24) is 9.55 Å². The number of hydrogen-bond acceptors (Lipinski definition) is 3. The molecule has 0 unspecified atom stereocenters. The molecule has 0 saturated carbocycles. The highest BCUT2D eigenvalue weighted by atomic mass is 16.5. The zero-order valence-corrected chi connectivity index (χ0v) is 10.8. The first-order valence-corrected chi connectivity index (χ1v) is 6.09. The SMILES string of the molecule is C=CCOC(=O)c1cncn1[C@H](C)c1ccccc1. The van der Waals surface area contributed by atoms with Crippen molar-refractivity contribution in [2.75, 3.05) is 6.61 Å². The molecular formula is C15H16N2O2. The van der Waals surface area contributed by atoms with Gasteiger partial charge in [-0.05, 0) is 12.5 Å². The number of carbonyl (C=O) groups is 1. The Morgan fingerprint density at radius 1 is 1.47 bits per heavy atom. The molecule has 1 aromatic heterocycles. The summed E-state index contributed by atoms with van der Waals surface area (Å²) in [5.41, 5.74) is 1.55. The second-order valence-electron chi connectivity index (χ2n) is 4.16. The first-order chi connectivity index (χ1) is 9.24. The number of ether oxygens (including phenoxy) is 1. The van der Waals surface area contributed by atoms with Gasteiger partial charge in [0.05, 0.1) is 18.6 Å². The molecule has 19 heavy (non-hydrogen) atoms. The largest absolute Gasteiger partial charge is 0.457 e. The van der Waals surface area contributed by atoms with Gasteiger partial charge in [0.1, 0.15) is 12.3 Å². The fraction of sp³-hybridized carbons (Fsp3) is 0.200. The molecule has 4 heteroatoms. The predicted molar refractivity (Wildman–Crippen MR) is 73.0 cm³/mol. The van der Waals surface area contributed by atoms with E-state index in [-0.39, 0.29) is 18.6 Å². The standard InChI is InChI=1S/C15H16N2O2/c1-3-9-19-15(18)14-10-16-11-17(14)12(2)13-7-5-4-6-8-13/h3-8,10-12H,1,9H2,2H3/t12-/m1/s1. The molecule has 1 heterocycles. The van der Waals surface area contributed by atoms with Crippen LogP contribution in [0.5, 0.6) is 0 Å². The third-order valence-electron chi connectivity index (χ3n) is 2.91. The molecule has 2 rings (SSSR count). The number of carbonyl (C=O) groups excluding carboxylic acids is 1. The first-order valence-electron chi connectivity index (χ1n) is 6.09. The van der Waals surface area contributed by atoms with Crippen molar-refractivity contribution in [2.24, 2.45) is 0 Å². The third kappa shape index (κ3) is 2.91. The minimum Gasteiger partial charge on any atom is -0.457 e. The van der Waals surface area contributed by atoms with Gasteiger partial charge >= 0.3 is 5.97 Å². The maximum Gasteiger partial charge on any atom is 0.356 e. The van der Waals surface area contributed by atoms with Crippen LogP contribution in [0.25, 0.3) is 0 Å². The van der Waals surface area contributed by atoms with Crippen molar-refractivity contribution in [3.8, 4) is 0 Å². The van der Waals surface area contributed by atoms with E-state index in [4.69, 9.17) is 4.74 Å². The number of hydrogen-bond donors (Lipinski definition) is 0. The van der Waals surface area contributed by atoms with Crippen molar-refractivity contribution >= 4 is 5.97 Å². The van der Waals surface area contributed by atoms with E-state index in [0.29, 0.717) is 5.69 Å². The average molecular weight is 256 g/mol. The number of esters is 1. The number of imidazole rings is 1.